The first-order valence-electron chi connectivity index (χ1n) is 6.10. The lowest BCUT2D eigenvalue weighted by molar-refractivity contribution is 0.281. The van der Waals surface area contributed by atoms with Crippen LogP contribution >= 0.6 is 0 Å². The molecule has 0 heterocycles. The maximum atomic E-state index is 8.63. The molecule has 0 amide bonds. The lowest BCUT2D eigenvalue weighted by Crippen LogP contribution is -2.12. The van der Waals surface area contributed by atoms with Crippen molar-refractivity contribution < 1.29 is 5.11 Å². The molecule has 2 heteroatoms. The van der Waals surface area contributed by atoms with Crippen molar-refractivity contribution >= 4 is 0 Å². The minimum Gasteiger partial charge on any atom is -0.396 e. The third-order valence-electron chi connectivity index (χ3n) is 2.90. The second-order valence-corrected chi connectivity index (χ2v) is 4.09. The number of hydrogen-bond acceptors (Lipinski definition) is 2. The Bertz CT molecular complexity index is 106. The van der Waals surface area contributed by atoms with Crippen LogP contribution < -0.4 is 5.32 Å². The number of nitrogens with one attached hydrogen (secondary N) is 1. The molecule has 86 valence electrons. The van der Waals surface area contributed by atoms with Crippen molar-refractivity contribution in [1.82, 2.24) is 5.32 Å². The van der Waals surface area contributed by atoms with Gasteiger partial charge in [0.15, 0.2) is 0 Å². The molecular weight excluding hydrogens is 174 g/mol. The smallest absolute Gasteiger partial charge is 0.0431 e. The van der Waals surface area contributed by atoms with E-state index in [1.807, 2.05) is 7.05 Å². The minimum absolute atomic E-state index is 0.358. The van der Waals surface area contributed by atoms with Gasteiger partial charge >= 0.3 is 0 Å². The number of aliphatic hydroxyl groups is 1. The Kier molecular flexibility index (Phi) is 10.9. The van der Waals surface area contributed by atoms with E-state index in [4.69, 9.17) is 5.11 Å². The molecule has 0 aliphatic carbocycles. The van der Waals surface area contributed by atoms with Gasteiger partial charge in [0.25, 0.3) is 0 Å². The fraction of sp³-hybridized carbons (Fsp3) is 1.00. The molecule has 14 heavy (non-hydrogen) atoms. The number of aliphatic hydroxyl groups excluding tert-OH is 1. The molecule has 0 radical (unpaired) electrons. The van der Waals surface area contributed by atoms with Crippen LogP contribution in [0.25, 0.3) is 0 Å². The van der Waals surface area contributed by atoms with Gasteiger partial charge in [-0.15, -0.1) is 0 Å². The molecule has 0 aliphatic heterocycles. The minimum atomic E-state index is 0.358. The monoisotopic (exact) mass is 201 g/mol. The second kappa shape index (κ2) is 11.0. The predicted octanol–water partition coefficient (Wildman–Crippen LogP) is 2.56. The van der Waals surface area contributed by atoms with Crippen molar-refractivity contribution in [2.75, 3.05) is 20.2 Å². The van der Waals surface area contributed by atoms with E-state index in [9.17, 15) is 0 Å². The van der Waals surface area contributed by atoms with Gasteiger partial charge in [-0.25, -0.2) is 0 Å². The summed E-state index contributed by atoms with van der Waals surface area (Å²) < 4.78 is 0. The lowest BCUT2D eigenvalue weighted by atomic mass is 9.95. The number of unbranched alkanes of at least 4 members (excludes halogenated alkanes) is 3. The van der Waals surface area contributed by atoms with Crippen molar-refractivity contribution in [3.05, 3.63) is 0 Å². The van der Waals surface area contributed by atoms with Crippen LogP contribution in [0.2, 0.25) is 0 Å². The van der Waals surface area contributed by atoms with Crippen LogP contribution in [-0.2, 0) is 0 Å². The van der Waals surface area contributed by atoms with Crippen LogP contribution in [0.15, 0.2) is 0 Å². The van der Waals surface area contributed by atoms with Crippen molar-refractivity contribution in [2.24, 2.45) is 5.92 Å². The van der Waals surface area contributed by atoms with Gasteiger partial charge in [-0.05, 0) is 32.4 Å². The zero-order chi connectivity index (χ0) is 10.6. The standard InChI is InChI=1S/C12H27NO/c1-3-12(9-10-13-2)8-6-4-5-7-11-14/h12-14H,3-11H2,1-2H3. The Morgan fingerprint density at radius 1 is 1.07 bits per heavy atom. The Balaban J connectivity index is 3.24. The van der Waals surface area contributed by atoms with E-state index in [-0.39, 0.29) is 0 Å². The molecule has 0 bridgehead atoms. The van der Waals surface area contributed by atoms with Crippen molar-refractivity contribution in [3.8, 4) is 0 Å². The normalized spacial score (nSPS) is 13.1. The molecule has 0 aliphatic rings. The molecule has 2 nitrogen and oxygen atoms in total. The topological polar surface area (TPSA) is 32.3 Å². The highest BCUT2D eigenvalue weighted by molar-refractivity contribution is 4.59. The van der Waals surface area contributed by atoms with E-state index in [2.05, 4.69) is 12.2 Å². The molecule has 1 atom stereocenters. The van der Waals surface area contributed by atoms with Gasteiger partial charge in [-0.2, -0.15) is 0 Å². The van der Waals surface area contributed by atoms with Crippen LogP contribution in [0, 0.1) is 5.92 Å². The number of rotatable bonds is 10. The molecule has 0 aromatic carbocycles. The first kappa shape index (κ1) is 13.9. The zero-order valence-electron chi connectivity index (χ0n) is 9.89. The molecule has 0 aromatic heterocycles. The molecular formula is C12H27NO. The third kappa shape index (κ3) is 8.52. The average Bonchev–Trinajstić information content (AvgIpc) is 2.22. The molecule has 0 saturated carbocycles. The maximum absolute atomic E-state index is 8.63. The summed E-state index contributed by atoms with van der Waals surface area (Å²) in [5.41, 5.74) is 0. The summed E-state index contributed by atoms with van der Waals surface area (Å²) >= 11 is 0. The summed E-state index contributed by atoms with van der Waals surface area (Å²) in [6, 6.07) is 0. The lowest BCUT2D eigenvalue weighted by Gasteiger charge is -2.13. The molecule has 1 unspecified atom stereocenters. The highest BCUT2D eigenvalue weighted by Gasteiger charge is 2.04. The van der Waals surface area contributed by atoms with E-state index in [1.165, 1.54) is 38.5 Å². The van der Waals surface area contributed by atoms with E-state index in [1.54, 1.807) is 0 Å². The molecule has 0 aromatic rings. The van der Waals surface area contributed by atoms with Crippen LogP contribution in [0.4, 0.5) is 0 Å². The summed E-state index contributed by atoms with van der Waals surface area (Å²) in [5, 5.41) is 11.8. The van der Waals surface area contributed by atoms with Crippen LogP contribution in [0.1, 0.15) is 51.9 Å². The summed E-state index contributed by atoms with van der Waals surface area (Å²) in [7, 11) is 2.02. The summed E-state index contributed by atoms with van der Waals surface area (Å²) in [6.07, 6.45) is 8.78. The van der Waals surface area contributed by atoms with Crippen LogP contribution in [0.5, 0.6) is 0 Å². The fourth-order valence-corrected chi connectivity index (χ4v) is 1.80. The zero-order valence-corrected chi connectivity index (χ0v) is 9.89. The SMILES string of the molecule is CCC(CCCCCCO)CCNC. The fourth-order valence-electron chi connectivity index (χ4n) is 1.80. The quantitative estimate of drug-likeness (QED) is 0.532. The van der Waals surface area contributed by atoms with Gasteiger partial charge in [0, 0.05) is 6.61 Å². The van der Waals surface area contributed by atoms with Gasteiger partial charge in [0.05, 0.1) is 0 Å². The second-order valence-electron chi connectivity index (χ2n) is 4.09. The van der Waals surface area contributed by atoms with Gasteiger partial charge in [-0.1, -0.05) is 39.0 Å². The van der Waals surface area contributed by atoms with Crippen molar-refractivity contribution in [1.29, 1.82) is 0 Å². The van der Waals surface area contributed by atoms with Gasteiger partial charge < -0.3 is 10.4 Å². The van der Waals surface area contributed by atoms with Crippen molar-refractivity contribution in [3.63, 3.8) is 0 Å². The first-order valence-corrected chi connectivity index (χ1v) is 6.10. The van der Waals surface area contributed by atoms with Gasteiger partial charge in [0.2, 0.25) is 0 Å². The van der Waals surface area contributed by atoms with Gasteiger partial charge in [-0.3, -0.25) is 0 Å². The van der Waals surface area contributed by atoms with Crippen molar-refractivity contribution in [2.45, 2.75) is 51.9 Å². The largest absolute Gasteiger partial charge is 0.396 e. The van der Waals surface area contributed by atoms with Gasteiger partial charge in [0.1, 0.15) is 0 Å². The van der Waals surface area contributed by atoms with E-state index in [0.29, 0.717) is 6.61 Å². The third-order valence-corrected chi connectivity index (χ3v) is 2.90. The molecule has 0 spiro atoms. The van der Waals surface area contributed by atoms with E-state index >= 15 is 0 Å². The Hall–Kier alpha value is -0.0800. The molecule has 0 rings (SSSR count). The average molecular weight is 201 g/mol. The maximum Gasteiger partial charge on any atom is 0.0431 e. The number of hydrogen-bond donors (Lipinski definition) is 2. The highest BCUT2D eigenvalue weighted by Crippen LogP contribution is 2.16. The summed E-state index contributed by atoms with van der Waals surface area (Å²) in [6.45, 7) is 3.79. The molecule has 0 fully saturated rings. The van der Waals surface area contributed by atoms with E-state index in [0.717, 1.165) is 18.9 Å². The highest BCUT2D eigenvalue weighted by atomic mass is 16.2. The molecule has 2 N–H and O–H groups in total. The summed E-state index contributed by atoms with van der Waals surface area (Å²) in [4.78, 5) is 0. The predicted molar refractivity (Wildman–Crippen MR) is 62.5 cm³/mol. The van der Waals surface area contributed by atoms with Crippen LogP contribution in [0.3, 0.4) is 0 Å². The Morgan fingerprint density at radius 3 is 2.36 bits per heavy atom. The van der Waals surface area contributed by atoms with E-state index < -0.39 is 0 Å². The summed E-state index contributed by atoms with van der Waals surface area (Å²) in [5.74, 6) is 0.900. The Labute approximate surface area is 89.1 Å². The Morgan fingerprint density at radius 2 is 1.79 bits per heavy atom. The molecule has 0 saturated heterocycles. The van der Waals surface area contributed by atoms with Crippen LogP contribution in [-0.4, -0.2) is 25.3 Å². The first-order chi connectivity index (χ1) is 6.85.